The molecule has 1 aliphatic heterocycles. The highest BCUT2D eigenvalue weighted by atomic mass is 32.2. The third-order valence-electron chi connectivity index (χ3n) is 5.91. The fourth-order valence-corrected chi connectivity index (χ4v) is 4.88. The van der Waals surface area contributed by atoms with Crippen molar-refractivity contribution >= 4 is 15.9 Å². The first-order valence-corrected chi connectivity index (χ1v) is 13.2. The number of carbonyl (C=O) groups is 1. The zero-order valence-corrected chi connectivity index (χ0v) is 21.2. The predicted molar refractivity (Wildman–Crippen MR) is 130 cm³/mol. The van der Waals surface area contributed by atoms with Crippen LogP contribution in [0.4, 0.5) is 4.79 Å². The maximum absolute atomic E-state index is 12.4. The molecule has 0 radical (unpaired) electrons. The highest BCUT2D eigenvalue weighted by Crippen LogP contribution is 2.25. The SMILES string of the molecule is C[C@H]1CN(C(=O)OC(C)(C)C)CCC1N(C)Cc1ccc(-c2ccc(S(C)(=O)=O)cc2)nc1. The topological polar surface area (TPSA) is 79.8 Å². The van der Waals surface area contributed by atoms with Gasteiger partial charge in [0.05, 0.1) is 10.6 Å². The summed E-state index contributed by atoms with van der Waals surface area (Å²) in [4.78, 5) is 21.4. The van der Waals surface area contributed by atoms with Crippen LogP contribution in [0.3, 0.4) is 0 Å². The molecule has 1 aromatic carbocycles. The summed E-state index contributed by atoms with van der Waals surface area (Å²) in [6.07, 6.45) is 3.74. The van der Waals surface area contributed by atoms with Gasteiger partial charge in [0.15, 0.2) is 9.84 Å². The van der Waals surface area contributed by atoms with E-state index in [1.807, 2.05) is 37.9 Å². The molecule has 0 aliphatic carbocycles. The Kier molecular flexibility index (Phi) is 7.49. The molecule has 1 amide bonds. The molecule has 1 aromatic heterocycles. The van der Waals surface area contributed by atoms with Gasteiger partial charge in [-0.1, -0.05) is 25.1 Å². The predicted octanol–water partition coefficient (Wildman–Crippen LogP) is 4.23. The average Bonchev–Trinajstić information content (AvgIpc) is 2.72. The molecule has 0 spiro atoms. The zero-order valence-electron chi connectivity index (χ0n) is 20.4. The van der Waals surface area contributed by atoms with Crippen LogP contribution in [0, 0.1) is 5.92 Å². The number of ether oxygens (including phenoxy) is 1. The second-order valence-corrected chi connectivity index (χ2v) is 12.0. The molecule has 33 heavy (non-hydrogen) atoms. The number of benzene rings is 1. The van der Waals surface area contributed by atoms with Crippen LogP contribution >= 0.6 is 0 Å². The van der Waals surface area contributed by atoms with Crippen molar-refractivity contribution in [1.29, 1.82) is 0 Å². The van der Waals surface area contributed by atoms with Crippen molar-refractivity contribution in [3.05, 3.63) is 48.2 Å². The van der Waals surface area contributed by atoms with Gasteiger partial charge in [-0.05, 0) is 63.9 Å². The van der Waals surface area contributed by atoms with Crippen LogP contribution < -0.4 is 0 Å². The number of hydrogen-bond acceptors (Lipinski definition) is 6. The third-order valence-corrected chi connectivity index (χ3v) is 7.04. The smallest absolute Gasteiger partial charge is 0.410 e. The summed E-state index contributed by atoms with van der Waals surface area (Å²) < 4.78 is 28.8. The Morgan fingerprint density at radius 1 is 1.18 bits per heavy atom. The standard InChI is InChI=1S/C25H35N3O4S/c1-18-16-28(24(29)32-25(2,3)4)14-13-23(18)27(5)17-19-7-12-22(26-15-19)20-8-10-21(11-9-20)33(6,30)31/h7-12,15,18,23H,13-14,16-17H2,1-6H3/t18-,23?/m0/s1. The Morgan fingerprint density at radius 3 is 2.36 bits per heavy atom. The molecule has 8 heteroatoms. The Morgan fingerprint density at radius 2 is 1.85 bits per heavy atom. The van der Waals surface area contributed by atoms with Crippen LogP contribution in [0.25, 0.3) is 11.3 Å². The van der Waals surface area contributed by atoms with Crippen molar-refractivity contribution in [3.63, 3.8) is 0 Å². The molecule has 180 valence electrons. The molecule has 1 aliphatic rings. The van der Waals surface area contributed by atoms with E-state index in [9.17, 15) is 13.2 Å². The Hall–Kier alpha value is -2.45. The maximum Gasteiger partial charge on any atom is 0.410 e. The van der Waals surface area contributed by atoms with Crippen molar-refractivity contribution in [2.24, 2.45) is 5.92 Å². The number of amides is 1. The van der Waals surface area contributed by atoms with Crippen molar-refractivity contribution in [1.82, 2.24) is 14.8 Å². The van der Waals surface area contributed by atoms with Crippen molar-refractivity contribution in [2.75, 3.05) is 26.4 Å². The summed E-state index contributed by atoms with van der Waals surface area (Å²) in [5.41, 5.74) is 2.31. The number of likely N-dealkylation sites (tertiary alicyclic amines) is 1. The van der Waals surface area contributed by atoms with E-state index >= 15 is 0 Å². The number of hydrogen-bond donors (Lipinski definition) is 0. The summed E-state index contributed by atoms with van der Waals surface area (Å²) in [6.45, 7) is 9.98. The average molecular weight is 474 g/mol. The summed E-state index contributed by atoms with van der Waals surface area (Å²) in [7, 11) is -1.10. The molecule has 0 saturated carbocycles. The zero-order chi connectivity index (χ0) is 24.4. The number of nitrogens with zero attached hydrogens (tertiary/aromatic N) is 3. The second kappa shape index (κ2) is 9.81. The van der Waals surface area contributed by atoms with Gasteiger partial charge < -0.3 is 9.64 Å². The van der Waals surface area contributed by atoms with Crippen LogP contribution in [0.2, 0.25) is 0 Å². The van der Waals surface area contributed by atoms with E-state index in [0.717, 1.165) is 29.8 Å². The van der Waals surface area contributed by atoms with Crippen LogP contribution in [0.5, 0.6) is 0 Å². The molecule has 1 unspecified atom stereocenters. The molecule has 2 aromatic rings. The van der Waals surface area contributed by atoms with Gasteiger partial charge in [0.2, 0.25) is 0 Å². The Bertz CT molecular complexity index is 1060. The maximum atomic E-state index is 12.4. The van der Waals surface area contributed by atoms with E-state index in [2.05, 4.69) is 29.9 Å². The summed E-state index contributed by atoms with van der Waals surface area (Å²) in [5, 5.41) is 0. The lowest BCUT2D eigenvalue weighted by molar-refractivity contribution is 0.00580. The van der Waals surface area contributed by atoms with E-state index in [4.69, 9.17) is 4.74 Å². The number of aromatic nitrogens is 1. The lowest BCUT2D eigenvalue weighted by Crippen LogP contribution is -2.51. The number of carbonyl (C=O) groups excluding carboxylic acids is 1. The van der Waals surface area contributed by atoms with Gasteiger partial charge >= 0.3 is 6.09 Å². The fraction of sp³-hybridized carbons (Fsp3) is 0.520. The van der Waals surface area contributed by atoms with Crippen LogP contribution in [0.1, 0.15) is 39.7 Å². The number of piperidine rings is 1. The lowest BCUT2D eigenvalue weighted by atomic mass is 9.92. The van der Waals surface area contributed by atoms with Crippen LogP contribution in [0.15, 0.2) is 47.5 Å². The van der Waals surface area contributed by atoms with Gasteiger partial charge in [0.25, 0.3) is 0 Å². The van der Waals surface area contributed by atoms with Gasteiger partial charge in [-0.25, -0.2) is 13.2 Å². The highest BCUT2D eigenvalue weighted by molar-refractivity contribution is 7.90. The number of pyridine rings is 1. The fourth-order valence-electron chi connectivity index (χ4n) is 4.25. The van der Waals surface area contributed by atoms with Gasteiger partial charge in [0.1, 0.15) is 5.60 Å². The first kappa shape index (κ1) is 25.2. The van der Waals surface area contributed by atoms with Gasteiger partial charge in [0, 0.05) is 43.7 Å². The van der Waals surface area contributed by atoms with E-state index < -0.39 is 15.4 Å². The molecule has 0 N–H and O–H groups in total. The summed E-state index contributed by atoms with van der Waals surface area (Å²) >= 11 is 0. The molecular weight excluding hydrogens is 438 g/mol. The Labute approximate surface area is 197 Å². The van der Waals surface area contributed by atoms with E-state index in [-0.39, 0.29) is 6.09 Å². The molecule has 1 fully saturated rings. The van der Waals surface area contributed by atoms with Crippen molar-refractivity contribution in [2.45, 2.75) is 57.2 Å². The highest BCUT2D eigenvalue weighted by Gasteiger charge is 2.33. The molecule has 7 nitrogen and oxygen atoms in total. The minimum absolute atomic E-state index is 0.236. The van der Waals surface area contributed by atoms with E-state index in [0.29, 0.717) is 29.9 Å². The first-order valence-electron chi connectivity index (χ1n) is 11.3. The molecular formula is C25H35N3O4S. The first-order chi connectivity index (χ1) is 15.3. The van der Waals surface area contributed by atoms with Crippen molar-refractivity contribution < 1.29 is 17.9 Å². The quantitative estimate of drug-likeness (QED) is 0.647. The molecule has 1 saturated heterocycles. The van der Waals surface area contributed by atoms with Gasteiger partial charge in [-0.15, -0.1) is 0 Å². The molecule has 3 rings (SSSR count). The van der Waals surface area contributed by atoms with Gasteiger partial charge in [-0.3, -0.25) is 9.88 Å². The van der Waals surface area contributed by atoms with Crippen molar-refractivity contribution in [3.8, 4) is 11.3 Å². The minimum atomic E-state index is -3.21. The monoisotopic (exact) mass is 473 g/mol. The lowest BCUT2D eigenvalue weighted by Gasteiger charge is -2.41. The number of rotatable bonds is 5. The van der Waals surface area contributed by atoms with Crippen LogP contribution in [-0.2, 0) is 21.1 Å². The minimum Gasteiger partial charge on any atom is -0.444 e. The van der Waals surface area contributed by atoms with Gasteiger partial charge in [-0.2, -0.15) is 0 Å². The molecule has 2 heterocycles. The Balaban J connectivity index is 1.58. The summed E-state index contributed by atoms with van der Waals surface area (Å²) in [5.74, 6) is 0.330. The normalized spacial score (nSPS) is 19.5. The van der Waals surface area contributed by atoms with E-state index in [1.54, 1.807) is 24.3 Å². The van der Waals surface area contributed by atoms with E-state index in [1.165, 1.54) is 6.26 Å². The number of sulfone groups is 1. The van der Waals surface area contributed by atoms with Crippen LogP contribution in [-0.4, -0.2) is 67.3 Å². The summed E-state index contributed by atoms with van der Waals surface area (Å²) in [6, 6.07) is 11.2. The molecule has 0 bridgehead atoms. The molecule has 2 atom stereocenters. The largest absolute Gasteiger partial charge is 0.444 e. The second-order valence-electron chi connectivity index (χ2n) is 10.0. The third kappa shape index (κ3) is 6.77.